The Morgan fingerprint density at radius 1 is 0.958 bits per heavy atom. The quantitative estimate of drug-likeness (QED) is 0.493. The van der Waals surface area contributed by atoms with Crippen LogP contribution in [0.4, 0.5) is 0 Å². The van der Waals surface area contributed by atoms with E-state index in [0.717, 1.165) is 18.6 Å². The summed E-state index contributed by atoms with van der Waals surface area (Å²) < 4.78 is 11.5. The standard InChI is InChI=1S/C22H38O2/c1-17(2)24-22(6,7)15-11-9-10-12-18-16-19(21(3,4)5)13-14-20(18)23-8/h13-14,16-17H,9-12,15H2,1-8H3. The van der Waals surface area contributed by atoms with E-state index in [1.165, 1.54) is 30.4 Å². The molecule has 2 heteroatoms. The summed E-state index contributed by atoms with van der Waals surface area (Å²) in [6.45, 7) is 15.4. The zero-order valence-electron chi connectivity index (χ0n) is 17.2. The Morgan fingerprint density at radius 2 is 1.62 bits per heavy atom. The second-order valence-electron chi connectivity index (χ2n) is 8.76. The number of ether oxygens (including phenoxy) is 2. The van der Waals surface area contributed by atoms with Crippen molar-refractivity contribution >= 4 is 0 Å². The molecule has 0 saturated carbocycles. The van der Waals surface area contributed by atoms with Crippen LogP contribution in [0, 0.1) is 0 Å². The minimum absolute atomic E-state index is 0.0159. The smallest absolute Gasteiger partial charge is 0.122 e. The van der Waals surface area contributed by atoms with Gasteiger partial charge in [-0.25, -0.2) is 0 Å². The predicted molar refractivity (Wildman–Crippen MR) is 104 cm³/mol. The number of rotatable bonds is 9. The summed E-state index contributed by atoms with van der Waals surface area (Å²) in [5.74, 6) is 1.02. The maximum Gasteiger partial charge on any atom is 0.122 e. The van der Waals surface area contributed by atoms with E-state index in [2.05, 4.69) is 66.7 Å². The van der Waals surface area contributed by atoms with Gasteiger partial charge in [0.15, 0.2) is 0 Å². The average Bonchev–Trinajstić information content (AvgIpc) is 2.44. The fraction of sp³-hybridized carbons (Fsp3) is 0.727. The number of methoxy groups -OCH3 is 1. The van der Waals surface area contributed by atoms with Crippen LogP contribution in [0.15, 0.2) is 18.2 Å². The van der Waals surface area contributed by atoms with Gasteiger partial charge in [-0.2, -0.15) is 0 Å². The van der Waals surface area contributed by atoms with E-state index in [1.807, 2.05) is 0 Å². The van der Waals surface area contributed by atoms with Gasteiger partial charge in [-0.15, -0.1) is 0 Å². The molecule has 0 heterocycles. The maximum absolute atomic E-state index is 5.97. The van der Waals surface area contributed by atoms with E-state index in [9.17, 15) is 0 Å². The van der Waals surface area contributed by atoms with Gasteiger partial charge in [0.2, 0.25) is 0 Å². The lowest BCUT2D eigenvalue weighted by Gasteiger charge is -2.27. The summed E-state index contributed by atoms with van der Waals surface area (Å²) in [4.78, 5) is 0. The molecule has 1 rings (SSSR count). The first-order chi connectivity index (χ1) is 11.0. The van der Waals surface area contributed by atoms with Gasteiger partial charge in [0.05, 0.1) is 18.8 Å². The van der Waals surface area contributed by atoms with Crippen molar-refractivity contribution in [3.8, 4) is 5.75 Å². The Balaban J connectivity index is 2.52. The van der Waals surface area contributed by atoms with Crippen molar-refractivity contribution in [1.82, 2.24) is 0 Å². The molecule has 0 fully saturated rings. The van der Waals surface area contributed by atoms with E-state index in [4.69, 9.17) is 9.47 Å². The lowest BCUT2D eigenvalue weighted by Crippen LogP contribution is -2.27. The molecule has 0 aliphatic carbocycles. The minimum Gasteiger partial charge on any atom is -0.496 e. The molecule has 0 aliphatic rings. The molecule has 0 bridgehead atoms. The van der Waals surface area contributed by atoms with Crippen molar-refractivity contribution in [2.24, 2.45) is 0 Å². The molecule has 0 aromatic heterocycles. The third-order valence-corrected chi connectivity index (χ3v) is 4.43. The van der Waals surface area contributed by atoms with E-state index in [-0.39, 0.29) is 11.0 Å². The first-order valence-electron chi connectivity index (χ1n) is 9.40. The summed E-state index contributed by atoms with van der Waals surface area (Å²) in [6, 6.07) is 6.63. The Bertz CT molecular complexity index is 495. The Morgan fingerprint density at radius 3 is 2.17 bits per heavy atom. The molecule has 24 heavy (non-hydrogen) atoms. The maximum atomic E-state index is 5.97. The molecule has 0 amide bonds. The van der Waals surface area contributed by atoms with Gasteiger partial charge in [-0.05, 0) is 69.6 Å². The zero-order chi connectivity index (χ0) is 18.4. The SMILES string of the molecule is COc1ccc(C(C)(C)C)cc1CCCCCC(C)(C)OC(C)C. The average molecular weight is 335 g/mol. The molecule has 138 valence electrons. The number of benzene rings is 1. The van der Waals surface area contributed by atoms with Crippen LogP contribution in [0.2, 0.25) is 0 Å². The highest BCUT2D eigenvalue weighted by Gasteiger charge is 2.19. The normalized spacial score (nSPS) is 12.7. The number of unbranched alkanes of at least 4 members (excludes halogenated alkanes) is 2. The van der Waals surface area contributed by atoms with Crippen molar-refractivity contribution < 1.29 is 9.47 Å². The topological polar surface area (TPSA) is 18.5 Å². The fourth-order valence-electron chi connectivity index (χ4n) is 3.18. The van der Waals surface area contributed by atoms with Crippen LogP contribution < -0.4 is 4.74 Å². The molecular weight excluding hydrogens is 296 g/mol. The van der Waals surface area contributed by atoms with E-state index >= 15 is 0 Å². The van der Waals surface area contributed by atoms with Crippen molar-refractivity contribution in [3.63, 3.8) is 0 Å². The number of aryl methyl sites for hydroxylation is 1. The highest BCUT2D eigenvalue weighted by atomic mass is 16.5. The largest absolute Gasteiger partial charge is 0.496 e. The summed E-state index contributed by atoms with van der Waals surface area (Å²) in [5, 5.41) is 0. The van der Waals surface area contributed by atoms with Gasteiger partial charge >= 0.3 is 0 Å². The molecule has 0 unspecified atom stereocenters. The number of hydrogen-bond acceptors (Lipinski definition) is 2. The minimum atomic E-state index is -0.0159. The van der Waals surface area contributed by atoms with Crippen LogP contribution in [0.5, 0.6) is 5.75 Å². The van der Waals surface area contributed by atoms with E-state index in [0.29, 0.717) is 6.10 Å². The van der Waals surface area contributed by atoms with Gasteiger partial charge in [0.1, 0.15) is 5.75 Å². The second kappa shape index (κ2) is 8.89. The predicted octanol–water partition coefficient (Wildman–Crippen LogP) is 6.30. The fourth-order valence-corrected chi connectivity index (χ4v) is 3.18. The Hall–Kier alpha value is -1.02. The van der Waals surface area contributed by atoms with Crippen molar-refractivity contribution in [3.05, 3.63) is 29.3 Å². The molecule has 1 aromatic rings. The first-order valence-corrected chi connectivity index (χ1v) is 9.40. The molecule has 0 radical (unpaired) electrons. The van der Waals surface area contributed by atoms with Crippen molar-refractivity contribution in [2.45, 2.75) is 97.7 Å². The number of hydrogen-bond donors (Lipinski definition) is 0. The third kappa shape index (κ3) is 7.25. The van der Waals surface area contributed by atoms with E-state index < -0.39 is 0 Å². The van der Waals surface area contributed by atoms with Crippen LogP contribution in [-0.4, -0.2) is 18.8 Å². The van der Waals surface area contributed by atoms with Gasteiger partial charge in [0, 0.05) is 0 Å². The Labute approximate surface area is 149 Å². The molecule has 2 nitrogen and oxygen atoms in total. The lowest BCUT2D eigenvalue weighted by molar-refractivity contribution is -0.0614. The van der Waals surface area contributed by atoms with E-state index in [1.54, 1.807) is 7.11 Å². The highest BCUT2D eigenvalue weighted by Crippen LogP contribution is 2.29. The van der Waals surface area contributed by atoms with Gasteiger partial charge in [-0.3, -0.25) is 0 Å². The van der Waals surface area contributed by atoms with Crippen molar-refractivity contribution in [1.29, 1.82) is 0 Å². The van der Waals surface area contributed by atoms with Gasteiger partial charge < -0.3 is 9.47 Å². The van der Waals surface area contributed by atoms with Gasteiger partial charge in [-0.1, -0.05) is 45.7 Å². The second-order valence-corrected chi connectivity index (χ2v) is 8.76. The zero-order valence-corrected chi connectivity index (χ0v) is 17.2. The van der Waals surface area contributed by atoms with Crippen LogP contribution in [0.25, 0.3) is 0 Å². The Kier molecular flexibility index (Phi) is 7.79. The third-order valence-electron chi connectivity index (χ3n) is 4.43. The van der Waals surface area contributed by atoms with Gasteiger partial charge in [0.25, 0.3) is 0 Å². The van der Waals surface area contributed by atoms with Crippen LogP contribution in [0.1, 0.15) is 85.3 Å². The van der Waals surface area contributed by atoms with Crippen LogP contribution >= 0.6 is 0 Å². The molecular formula is C22H38O2. The molecule has 0 aliphatic heterocycles. The molecule has 0 saturated heterocycles. The molecule has 0 N–H and O–H groups in total. The lowest BCUT2D eigenvalue weighted by atomic mass is 9.85. The van der Waals surface area contributed by atoms with Crippen LogP contribution in [-0.2, 0) is 16.6 Å². The molecule has 0 atom stereocenters. The summed E-state index contributed by atoms with van der Waals surface area (Å²) in [7, 11) is 1.77. The van der Waals surface area contributed by atoms with Crippen LogP contribution in [0.3, 0.4) is 0 Å². The first kappa shape index (κ1) is 21.0. The monoisotopic (exact) mass is 334 g/mol. The summed E-state index contributed by atoms with van der Waals surface area (Å²) in [6.07, 6.45) is 6.13. The van der Waals surface area contributed by atoms with Crippen molar-refractivity contribution in [2.75, 3.05) is 7.11 Å². The molecule has 1 aromatic carbocycles. The molecule has 0 spiro atoms. The summed E-state index contributed by atoms with van der Waals surface area (Å²) >= 11 is 0. The highest BCUT2D eigenvalue weighted by molar-refractivity contribution is 5.39. The summed E-state index contributed by atoms with van der Waals surface area (Å²) in [5.41, 5.74) is 2.88.